The lowest BCUT2D eigenvalue weighted by molar-refractivity contribution is -0.0914. The number of ether oxygens (including phenoxy) is 2. The maximum atomic E-state index is 11.4. The summed E-state index contributed by atoms with van der Waals surface area (Å²) in [4.78, 5) is 11.4. The van der Waals surface area contributed by atoms with Crippen LogP contribution in [0.25, 0.3) is 0 Å². The van der Waals surface area contributed by atoms with Crippen molar-refractivity contribution in [1.29, 1.82) is 0 Å². The molecule has 0 saturated heterocycles. The van der Waals surface area contributed by atoms with Crippen molar-refractivity contribution >= 4 is 11.5 Å². The van der Waals surface area contributed by atoms with Gasteiger partial charge in [0.05, 0.1) is 6.54 Å². The number of Topliss-reactive ketones (excluding diaryl/α,β-unsaturated/α-hetero) is 1. The highest BCUT2D eigenvalue weighted by Gasteiger charge is 2.05. The summed E-state index contributed by atoms with van der Waals surface area (Å²) >= 11 is 0. The van der Waals surface area contributed by atoms with Gasteiger partial charge < -0.3 is 14.8 Å². The lowest BCUT2D eigenvalue weighted by Gasteiger charge is -2.14. The average Bonchev–Trinajstić information content (AvgIpc) is 2.39. The average molecular weight is 237 g/mol. The molecule has 0 aliphatic rings. The van der Waals surface area contributed by atoms with E-state index >= 15 is 0 Å². The van der Waals surface area contributed by atoms with Crippen molar-refractivity contribution in [3.8, 4) is 0 Å². The highest BCUT2D eigenvalue weighted by atomic mass is 16.7. The molecule has 17 heavy (non-hydrogen) atoms. The van der Waals surface area contributed by atoms with Crippen molar-refractivity contribution in [3.05, 3.63) is 29.8 Å². The van der Waals surface area contributed by atoms with E-state index in [0.29, 0.717) is 13.0 Å². The summed E-state index contributed by atoms with van der Waals surface area (Å²) in [5.74, 6) is 0.156. The van der Waals surface area contributed by atoms with E-state index in [1.807, 2.05) is 31.2 Å². The SMILES string of the molecule is CCC(=O)c1ccc(NCC(OC)OC)cc1. The highest BCUT2D eigenvalue weighted by molar-refractivity contribution is 5.96. The maximum absolute atomic E-state index is 11.4. The van der Waals surface area contributed by atoms with E-state index in [2.05, 4.69) is 5.32 Å². The second-order valence-electron chi connectivity index (χ2n) is 3.64. The minimum Gasteiger partial charge on any atom is -0.380 e. The van der Waals surface area contributed by atoms with Crippen LogP contribution in [0.4, 0.5) is 5.69 Å². The number of nitrogens with one attached hydrogen (secondary N) is 1. The van der Waals surface area contributed by atoms with E-state index in [1.54, 1.807) is 14.2 Å². The van der Waals surface area contributed by atoms with E-state index in [4.69, 9.17) is 9.47 Å². The van der Waals surface area contributed by atoms with Crippen LogP contribution in [0.15, 0.2) is 24.3 Å². The molecule has 1 N–H and O–H groups in total. The van der Waals surface area contributed by atoms with E-state index in [1.165, 1.54) is 0 Å². The van der Waals surface area contributed by atoms with Crippen LogP contribution in [0.5, 0.6) is 0 Å². The maximum Gasteiger partial charge on any atom is 0.173 e. The number of carbonyl (C=O) groups excluding carboxylic acids is 1. The molecule has 0 fully saturated rings. The Bertz CT molecular complexity index is 344. The first kappa shape index (κ1) is 13.7. The number of ketones is 1. The molecule has 1 rings (SSSR count). The second kappa shape index (κ2) is 7.04. The standard InChI is InChI=1S/C13H19NO3/c1-4-12(15)10-5-7-11(8-6-10)14-9-13(16-2)17-3/h5-8,13-14H,4,9H2,1-3H3. The normalized spacial score (nSPS) is 10.6. The summed E-state index contributed by atoms with van der Waals surface area (Å²) in [6, 6.07) is 7.40. The summed E-state index contributed by atoms with van der Waals surface area (Å²) in [5.41, 5.74) is 1.69. The number of rotatable bonds is 7. The van der Waals surface area contributed by atoms with E-state index in [-0.39, 0.29) is 12.1 Å². The van der Waals surface area contributed by atoms with Crippen LogP contribution in [0.2, 0.25) is 0 Å². The Morgan fingerprint density at radius 1 is 1.24 bits per heavy atom. The van der Waals surface area contributed by atoms with Gasteiger partial charge in [-0.05, 0) is 24.3 Å². The van der Waals surface area contributed by atoms with Crippen LogP contribution in [-0.4, -0.2) is 32.8 Å². The number of methoxy groups -OCH3 is 2. The smallest absolute Gasteiger partial charge is 0.173 e. The zero-order valence-electron chi connectivity index (χ0n) is 10.5. The quantitative estimate of drug-likeness (QED) is 0.584. The predicted octanol–water partition coefficient (Wildman–Crippen LogP) is 2.31. The minimum atomic E-state index is -0.271. The highest BCUT2D eigenvalue weighted by Crippen LogP contribution is 2.11. The number of hydrogen-bond donors (Lipinski definition) is 1. The molecular formula is C13H19NO3. The Labute approximate surface area is 102 Å². The van der Waals surface area contributed by atoms with Crippen molar-refractivity contribution in [2.75, 3.05) is 26.1 Å². The number of benzene rings is 1. The van der Waals surface area contributed by atoms with Crippen molar-refractivity contribution in [2.45, 2.75) is 19.6 Å². The van der Waals surface area contributed by atoms with Crippen LogP contribution in [0, 0.1) is 0 Å². The Morgan fingerprint density at radius 2 is 1.82 bits per heavy atom. The molecule has 0 spiro atoms. The Balaban J connectivity index is 2.53. The molecule has 0 aromatic heterocycles. The van der Waals surface area contributed by atoms with E-state index in [0.717, 1.165) is 11.3 Å². The van der Waals surface area contributed by atoms with Gasteiger partial charge in [0.25, 0.3) is 0 Å². The molecule has 0 aliphatic heterocycles. The molecular weight excluding hydrogens is 218 g/mol. The fraction of sp³-hybridized carbons (Fsp3) is 0.462. The van der Waals surface area contributed by atoms with Gasteiger partial charge in [-0.15, -0.1) is 0 Å². The first-order valence-corrected chi connectivity index (χ1v) is 5.64. The molecule has 0 unspecified atom stereocenters. The Kier molecular flexibility index (Phi) is 5.66. The summed E-state index contributed by atoms with van der Waals surface area (Å²) in [6.45, 7) is 2.42. The first-order valence-electron chi connectivity index (χ1n) is 5.64. The third-order valence-corrected chi connectivity index (χ3v) is 2.53. The topological polar surface area (TPSA) is 47.6 Å². The fourth-order valence-corrected chi connectivity index (χ4v) is 1.44. The van der Waals surface area contributed by atoms with Gasteiger partial charge in [-0.25, -0.2) is 0 Å². The van der Waals surface area contributed by atoms with Gasteiger partial charge in [0.15, 0.2) is 12.1 Å². The number of anilines is 1. The van der Waals surface area contributed by atoms with Crippen molar-refractivity contribution in [1.82, 2.24) is 0 Å². The molecule has 0 atom stereocenters. The molecule has 0 bridgehead atoms. The molecule has 94 valence electrons. The van der Waals surface area contributed by atoms with Crippen molar-refractivity contribution < 1.29 is 14.3 Å². The lowest BCUT2D eigenvalue weighted by Crippen LogP contribution is -2.23. The monoisotopic (exact) mass is 237 g/mol. The van der Waals surface area contributed by atoms with Gasteiger partial charge >= 0.3 is 0 Å². The summed E-state index contributed by atoms with van der Waals surface area (Å²) in [6.07, 6.45) is 0.259. The van der Waals surface area contributed by atoms with E-state index < -0.39 is 0 Å². The molecule has 0 heterocycles. The van der Waals surface area contributed by atoms with Gasteiger partial charge in [0, 0.05) is 31.9 Å². The molecule has 4 nitrogen and oxygen atoms in total. The number of carbonyl (C=O) groups is 1. The van der Waals surface area contributed by atoms with Crippen LogP contribution >= 0.6 is 0 Å². The molecule has 0 radical (unpaired) electrons. The van der Waals surface area contributed by atoms with Crippen molar-refractivity contribution in [3.63, 3.8) is 0 Å². The second-order valence-corrected chi connectivity index (χ2v) is 3.64. The number of hydrogen-bond acceptors (Lipinski definition) is 4. The van der Waals surface area contributed by atoms with Crippen LogP contribution in [0.1, 0.15) is 23.7 Å². The van der Waals surface area contributed by atoms with Gasteiger partial charge in [0.2, 0.25) is 0 Å². The van der Waals surface area contributed by atoms with Crippen LogP contribution < -0.4 is 5.32 Å². The predicted molar refractivity (Wildman–Crippen MR) is 67.4 cm³/mol. The molecule has 0 saturated carbocycles. The molecule has 4 heteroatoms. The summed E-state index contributed by atoms with van der Waals surface area (Å²) < 4.78 is 10.1. The zero-order valence-corrected chi connectivity index (χ0v) is 10.5. The summed E-state index contributed by atoms with van der Waals surface area (Å²) in [5, 5.41) is 3.17. The minimum absolute atomic E-state index is 0.156. The zero-order chi connectivity index (χ0) is 12.7. The molecule has 1 aromatic carbocycles. The van der Waals surface area contributed by atoms with Crippen molar-refractivity contribution in [2.24, 2.45) is 0 Å². The third-order valence-electron chi connectivity index (χ3n) is 2.53. The summed E-state index contributed by atoms with van der Waals surface area (Å²) in [7, 11) is 3.19. The Hall–Kier alpha value is -1.39. The molecule has 0 aliphatic carbocycles. The lowest BCUT2D eigenvalue weighted by atomic mass is 10.1. The third kappa shape index (κ3) is 4.17. The van der Waals surface area contributed by atoms with E-state index in [9.17, 15) is 4.79 Å². The fourth-order valence-electron chi connectivity index (χ4n) is 1.44. The van der Waals surface area contributed by atoms with Crippen LogP contribution in [0.3, 0.4) is 0 Å². The first-order chi connectivity index (χ1) is 8.21. The Morgan fingerprint density at radius 3 is 2.29 bits per heavy atom. The molecule has 1 aromatic rings. The largest absolute Gasteiger partial charge is 0.380 e. The van der Waals surface area contributed by atoms with Gasteiger partial charge in [-0.3, -0.25) is 4.79 Å². The molecule has 0 amide bonds. The van der Waals surface area contributed by atoms with Gasteiger partial charge in [0.1, 0.15) is 0 Å². The van der Waals surface area contributed by atoms with Gasteiger partial charge in [-0.2, -0.15) is 0 Å². The van der Waals surface area contributed by atoms with Gasteiger partial charge in [-0.1, -0.05) is 6.92 Å². The van der Waals surface area contributed by atoms with Crippen LogP contribution in [-0.2, 0) is 9.47 Å².